The molecule has 0 aromatic rings. The van der Waals surface area contributed by atoms with Crippen molar-refractivity contribution in [3.63, 3.8) is 0 Å². The van der Waals surface area contributed by atoms with Gasteiger partial charge in [-0.05, 0) is 20.3 Å². The number of ether oxygens (including phenoxy) is 2. The van der Waals surface area contributed by atoms with Crippen LogP contribution in [0.25, 0.3) is 0 Å². The van der Waals surface area contributed by atoms with Crippen LogP contribution in [0.3, 0.4) is 0 Å². The van der Waals surface area contributed by atoms with Crippen molar-refractivity contribution >= 4 is 5.97 Å². The Bertz CT molecular complexity index is 210. The SMILES string of the molecule is CC[C@H](C(=O)OC)N1C[C@@H](C)O[C@H](C)C1. The molecule has 15 heavy (non-hydrogen) atoms. The topological polar surface area (TPSA) is 38.8 Å². The molecule has 0 aromatic carbocycles. The van der Waals surface area contributed by atoms with Gasteiger partial charge in [0.1, 0.15) is 6.04 Å². The third kappa shape index (κ3) is 3.18. The van der Waals surface area contributed by atoms with Crippen molar-refractivity contribution in [1.82, 2.24) is 4.90 Å². The molecular weight excluding hydrogens is 194 g/mol. The summed E-state index contributed by atoms with van der Waals surface area (Å²) >= 11 is 0. The largest absolute Gasteiger partial charge is 0.468 e. The van der Waals surface area contributed by atoms with Gasteiger partial charge in [0.05, 0.1) is 19.3 Å². The Balaban J connectivity index is 2.63. The van der Waals surface area contributed by atoms with Gasteiger partial charge < -0.3 is 9.47 Å². The van der Waals surface area contributed by atoms with Crippen molar-refractivity contribution in [3.8, 4) is 0 Å². The van der Waals surface area contributed by atoms with Gasteiger partial charge in [-0.15, -0.1) is 0 Å². The summed E-state index contributed by atoms with van der Waals surface area (Å²) in [6, 6.07) is -0.121. The van der Waals surface area contributed by atoms with Gasteiger partial charge in [-0.2, -0.15) is 0 Å². The first-order chi connectivity index (χ1) is 7.08. The maximum Gasteiger partial charge on any atom is 0.323 e. The van der Waals surface area contributed by atoms with Crippen molar-refractivity contribution in [1.29, 1.82) is 0 Å². The summed E-state index contributed by atoms with van der Waals surface area (Å²) in [5.74, 6) is -0.140. The fourth-order valence-corrected chi connectivity index (χ4v) is 2.18. The highest BCUT2D eigenvalue weighted by Gasteiger charge is 2.31. The minimum absolute atomic E-state index is 0.121. The Labute approximate surface area is 91.5 Å². The molecule has 0 unspecified atom stereocenters. The van der Waals surface area contributed by atoms with E-state index < -0.39 is 0 Å². The molecule has 0 spiro atoms. The molecule has 0 bridgehead atoms. The summed E-state index contributed by atoms with van der Waals surface area (Å²) in [4.78, 5) is 13.7. The first-order valence-corrected chi connectivity index (χ1v) is 5.55. The summed E-state index contributed by atoms with van der Waals surface area (Å²) < 4.78 is 10.4. The van der Waals surface area contributed by atoms with E-state index in [0.29, 0.717) is 0 Å². The number of carbonyl (C=O) groups is 1. The van der Waals surface area contributed by atoms with Crippen molar-refractivity contribution in [2.45, 2.75) is 45.4 Å². The maximum atomic E-state index is 11.6. The first kappa shape index (κ1) is 12.5. The molecule has 1 aliphatic rings. The molecule has 1 fully saturated rings. The van der Waals surface area contributed by atoms with Crippen LogP contribution in [0.1, 0.15) is 27.2 Å². The standard InChI is InChI=1S/C11H21NO3/c1-5-10(11(13)14-4)12-6-8(2)15-9(3)7-12/h8-10H,5-7H2,1-4H3/t8-,9-,10-/m1/s1. The van der Waals surface area contributed by atoms with Gasteiger partial charge in [-0.1, -0.05) is 6.92 Å². The molecule has 3 atom stereocenters. The molecule has 1 aliphatic heterocycles. The Hall–Kier alpha value is -0.610. The molecule has 1 rings (SSSR count). The Morgan fingerprint density at radius 3 is 2.40 bits per heavy atom. The van der Waals surface area contributed by atoms with E-state index in [4.69, 9.17) is 9.47 Å². The maximum absolute atomic E-state index is 11.6. The second-order valence-corrected chi connectivity index (χ2v) is 4.16. The number of rotatable bonds is 3. The van der Waals surface area contributed by atoms with Gasteiger partial charge in [0.25, 0.3) is 0 Å². The number of hydrogen-bond donors (Lipinski definition) is 0. The Kier molecular flexibility index (Phi) is 4.54. The zero-order valence-electron chi connectivity index (χ0n) is 10.0. The second kappa shape index (κ2) is 5.47. The molecule has 0 radical (unpaired) electrons. The molecule has 0 saturated carbocycles. The molecule has 4 heteroatoms. The first-order valence-electron chi connectivity index (χ1n) is 5.55. The lowest BCUT2D eigenvalue weighted by Crippen LogP contribution is -2.52. The van der Waals surface area contributed by atoms with E-state index in [1.54, 1.807) is 0 Å². The van der Waals surface area contributed by atoms with E-state index in [-0.39, 0.29) is 24.2 Å². The average Bonchev–Trinajstić information content (AvgIpc) is 2.17. The van der Waals surface area contributed by atoms with E-state index in [0.717, 1.165) is 19.5 Å². The molecule has 0 aliphatic carbocycles. The fourth-order valence-electron chi connectivity index (χ4n) is 2.18. The van der Waals surface area contributed by atoms with Crippen LogP contribution in [-0.4, -0.2) is 49.3 Å². The highest BCUT2D eigenvalue weighted by Crippen LogP contribution is 2.16. The minimum atomic E-state index is -0.140. The monoisotopic (exact) mass is 215 g/mol. The number of morpholine rings is 1. The van der Waals surface area contributed by atoms with E-state index in [2.05, 4.69) is 4.90 Å². The van der Waals surface area contributed by atoms with Gasteiger partial charge >= 0.3 is 5.97 Å². The van der Waals surface area contributed by atoms with E-state index in [9.17, 15) is 4.79 Å². The predicted octanol–water partition coefficient (Wildman–Crippen LogP) is 1.05. The van der Waals surface area contributed by atoms with Gasteiger partial charge in [0, 0.05) is 13.1 Å². The molecule has 88 valence electrons. The van der Waals surface area contributed by atoms with Gasteiger partial charge in [0.15, 0.2) is 0 Å². The molecule has 1 heterocycles. The van der Waals surface area contributed by atoms with Crippen LogP contribution >= 0.6 is 0 Å². The lowest BCUT2D eigenvalue weighted by molar-refractivity contribution is -0.152. The normalized spacial score (nSPS) is 29.9. The number of carbonyl (C=O) groups excluding carboxylic acids is 1. The Morgan fingerprint density at radius 1 is 1.47 bits per heavy atom. The average molecular weight is 215 g/mol. The quantitative estimate of drug-likeness (QED) is 0.660. The van der Waals surface area contributed by atoms with Gasteiger partial charge in [-0.3, -0.25) is 9.69 Å². The van der Waals surface area contributed by atoms with Crippen LogP contribution in [0.5, 0.6) is 0 Å². The molecular formula is C11H21NO3. The van der Waals surface area contributed by atoms with Gasteiger partial charge in [0.2, 0.25) is 0 Å². The van der Waals surface area contributed by atoms with Crippen molar-refractivity contribution in [2.75, 3.05) is 20.2 Å². The third-order valence-corrected chi connectivity index (χ3v) is 2.75. The summed E-state index contributed by atoms with van der Waals surface area (Å²) in [7, 11) is 1.44. The zero-order valence-corrected chi connectivity index (χ0v) is 10.0. The molecule has 1 saturated heterocycles. The van der Waals surface area contributed by atoms with Crippen LogP contribution < -0.4 is 0 Å². The highest BCUT2D eigenvalue weighted by atomic mass is 16.5. The van der Waals surface area contributed by atoms with Crippen molar-refractivity contribution < 1.29 is 14.3 Å². The minimum Gasteiger partial charge on any atom is -0.468 e. The van der Waals surface area contributed by atoms with Crippen LogP contribution in [0.15, 0.2) is 0 Å². The van der Waals surface area contributed by atoms with Crippen molar-refractivity contribution in [3.05, 3.63) is 0 Å². The predicted molar refractivity (Wildman–Crippen MR) is 57.7 cm³/mol. The summed E-state index contributed by atoms with van der Waals surface area (Å²) in [5, 5.41) is 0. The van der Waals surface area contributed by atoms with Crippen LogP contribution in [0.2, 0.25) is 0 Å². The molecule has 4 nitrogen and oxygen atoms in total. The van der Waals surface area contributed by atoms with Crippen molar-refractivity contribution in [2.24, 2.45) is 0 Å². The third-order valence-electron chi connectivity index (χ3n) is 2.75. The number of esters is 1. The van der Waals surface area contributed by atoms with E-state index >= 15 is 0 Å². The lowest BCUT2D eigenvalue weighted by atomic mass is 10.1. The van der Waals surface area contributed by atoms with E-state index in [1.807, 2.05) is 20.8 Å². The van der Waals surface area contributed by atoms with Crippen LogP contribution in [0.4, 0.5) is 0 Å². The highest BCUT2D eigenvalue weighted by molar-refractivity contribution is 5.75. The van der Waals surface area contributed by atoms with E-state index in [1.165, 1.54) is 7.11 Å². The molecule has 0 amide bonds. The smallest absolute Gasteiger partial charge is 0.323 e. The number of nitrogens with zero attached hydrogens (tertiary/aromatic N) is 1. The summed E-state index contributed by atoms with van der Waals surface area (Å²) in [6.45, 7) is 7.68. The summed E-state index contributed by atoms with van der Waals surface area (Å²) in [6.07, 6.45) is 1.16. The van der Waals surface area contributed by atoms with Gasteiger partial charge in [-0.25, -0.2) is 0 Å². The Morgan fingerprint density at radius 2 is 2.00 bits per heavy atom. The molecule has 0 N–H and O–H groups in total. The fraction of sp³-hybridized carbons (Fsp3) is 0.909. The zero-order chi connectivity index (χ0) is 11.4. The van der Waals surface area contributed by atoms with Crippen LogP contribution in [0, 0.1) is 0 Å². The lowest BCUT2D eigenvalue weighted by Gasteiger charge is -2.38. The molecule has 0 aromatic heterocycles. The summed E-state index contributed by atoms with van der Waals surface area (Å²) in [5.41, 5.74) is 0. The second-order valence-electron chi connectivity index (χ2n) is 4.16. The number of hydrogen-bond acceptors (Lipinski definition) is 4. The van der Waals surface area contributed by atoms with Crippen LogP contribution in [-0.2, 0) is 14.3 Å². The number of methoxy groups -OCH3 is 1.